The Morgan fingerprint density at radius 1 is 1.45 bits per heavy atom. The molecule has 2 N–H and O–H groups in total. The highest BCUT2D eigenvalue weighted by molar-refractivity contribution is 9.10. The molecule has 0 aromatic heterocycles. The number of para-hydroxylation sites is 1. The van der Waals surface area contributed by atoms with Crippen LogP contribution in [0.1, 0.15) is 13.3 Å². The lowest BCUT2D eigenvalue weighted by Gasteiger charge is -2.21. The Morgan fingerprint density at radius 2 is 2.27 bits per heavy atom. The molecular weight excluding hydrogens is 344 g/mol. The first-order valence-corrected chi connectivity index (χ1v) is 8.58. The molecule has 6 heteroatoms. The molecule has 1 atom stereocenters. The van der Waals surface area contributed by atoms with Crippen molar-refractivity contribution in [2.24, 2.45) is 4.99 Å². The van der Waals surface area contributed by atoms with Gasteiger partial charge in [-0.3, -0.25) is 4.99 Å². The first-order valence-electron chi connectivity index (χ1n) is 7.79. The van der Waals surface area contributed by atoms with E-state index in [0.717, 1.165) is 43.1 Å². The average molecular weight is 369 g/mol. The van der Waals surface area contributed by atoms with Crippen molar-refractivity contribution in [2.45, 2.75) is 19.4 Å². The van der Waals surface area contributed by atoms with E-state index < -0.39 is 0 Å². The van der Waals surface area contributed by atoms with Crippen molar-refractivity contribution in [1.82, 2.24) is 10.6 Å². The van der Waals surface area contributed by atoms with Crippen molar-refractivity contribution in [3.05, 3.63) is 28.7 Å². The van der Waals surface area contributed by atoms with Gasteiger partial charge in [-0.2, -0.15) is 0 Å². The van der Waals surface area contributed by atoms with Crippen LogP contribution in [0, 0.1) is 0 Å². The Hall–Kier alpha value is -1.27. The second-order valence-corrected chi connectivity index (χ2v) is 6.08. The van der Waals surface area contributed by atoms with E-state index >= 15 is 0 Å². The number of nitrogens with zero attached hydrogens (tertiary/aromatic N) is 2. The molecule has 0 saturated carbocycles. The van der Waals surface area contributed by atoms with Crippen LogP contribution in [0.3, 0.4) is 0 Å². The highest BCUT2D eigenvalue weighted by Gasteiger charge is 2.24. The molecule has 0 radical (unpaired) electrons. The van der Waals surface area contributed by atoms with Gasteiger partial charge in [0.25, 0.3) is 0 Å². The summed E-state index contributed by atoms with van der Waals surface area (Å²) in [6.07, 6.45) is 1.10. The van der Waals surface area contributed by atoms with Gasteiger partial charge in [-0.25, -0.2) is 0 Å². The number of benzene rings is 1. The van der Waals surface area contributed by atoms with E-state index in [1.807, 2.05) is 13.0 Å². The normalized spacial score (nSPS) is 18.6. The summed E-state index contributed by atoms with van der Waals surface area (Å²) in [5.41, 5.74) is 1.26. The SMILES string of the molecule is CCOCCNC(=NC)NC1CCN(c2ccccc2Br)C1. The summed E-state index contributed by atoms with van der Waals surface area (Å²) in [6.45, 7) is 6.25. The topological polar surface area (TPSA) is 48.9 Å². The van der Waals surface area contributed by atoms with Gasteiger partial charge in [0.15, 0.2) is 5.96 Å². The average Bonchev–Trinajstić information content (AvgIpc) is 2.99. The monoisotopic (exact) mass is 368 g/mol. The Labute approximate surface area is 141 Å². The molecule has 5 nitrogen and oxygen atoms in total. The van der Waals surface area contributed by atoms with Gasteiger partial charge in [-0.1, -0.05) is 12.1 Å². The van der Waals surface area contributed by atoms with Crippen LogP contribution in [-0.4, -0.2) is 51.9 Å². The molecular formula is C16H25BrN4O. The minimum Gasteiger partial charge on any atom is -0.380 e. The predicted molar refractivity (Wildman–Crippen MR) is 95.8 cm³/mol. The van der Waals surface area contributed by atoms with Crippen LogP contribution < -0.4 is 15.5 Å². The standard InChI is InChI=1S/C16H25BrN4O/c1-3-22-11-9-19-16(18-2)20-13-8-10-21(12-13)15-7-5-4-6-14(15)17/h4-7,13H,3,8-12H2,1-2H3,(H2,18,19,20). The van der Waals surface area contributed by atoms with Crippen LogP contribution in [-0.2, 0) is 4.74 Å². The highest BCUT2D eigenvalue weighted by Crippen LogP contribution is 2.28. The number of rotatable bonds is 6. The second kappa shape index (κ2) is 9.00. The minimum atomic E-state index is 0.408. The van der Waals surface area contributed by atoms with E-state index in [0.29, 0.717) is 12.6 Å². The fraction of sp³-hybridized carbons (Fsp3) is 0.562. The van der Waals surface area contributed by atoms with Crippen LogP contribution >= 0.6 is 15.9 Å². The molecule has 0 spiro atoms. The molecule has 1 saturated heterocycles. The number of ether oxygens (including phenoxy) is 1. The Bertz CT molecular complexity index is 495. The van der Waals surface area contributed by atoms with Gasteiger partial charge in [-0.05, 0) is 41.4 Å². The van der Waals surface area contributed by atoms with E-state index in [9.17, 15) is 0 Å². The maximum absolute atomic E-state index is 5.33. The highest BCUT2D eigenvalue weighted by atomic mass is 79.9. The summed E-state index contributed by atoms with van der Waals surface area (Å²) < 4.78 is 6.48. The Balaban J connectivity index is 1.81. The molecule has 1 unspecified atom stereocenters. The van der Waals surface area contributed by atoms with Gasteiger partial charge in [0.05, 0.1) is 12.3 Å². The number of guanidine groups is 1. The third-order valence-corrected chi connectivity index (χ3v) is 4.36. The maximum atomic E-state index is 5.33. The van der Waals surface area contributed by atoms with E-state index in [1.165, 1.54) is 5.69 Å². The zero-order valence-corrected chi connectivity index (χ0v) is 14.9. The van der Waals surface area contributed by atoms with Crippen LogP contribution in [0.2, 0.25) is 0 Å². The van der Waals surface area contributed by atoms with Gasteiger partial charge in [0.1, 0.15) is 0 Å². The van der Waals surface area contributed by atoms with Crippen LogP contribution in [0.25, 0.3) is 0 Å². The molecule has 1 aliphatic rings. The third-order valence-electron chi connectivity index (χ3n) is 3.69. The molecule has 1 aliphatic heterocycles. The summed E-state index contributed by atoms with van der Waals surface area (Å²) in [7, 11) is 1.80. The van der Waals surface area contributed by atoms with Gasteiger partial charge >= 0.3 is 0 Å². The molecule has 122 valence electrons. The van der Waals surface area contributed by atoms with Crippen molar-refractivity contribution >= 4 is 27.6 Å². The summed E-state index contributed by atoms with van der Waals surface area (Å²) in [6, 6.07) is 8.77. The number of aliphatic imine (C=N–C) groups is 1. The second-order valence-electron chi connectivity index (χ2n) is 5.22. The van der Waals surface area contributed by atoms with Crippen molar-refractivity contribution < 1.29 is 4.74 Å². The lowest BCUT2D eigenvalue weighted by Crippen LogP contribution is -2.45. The van der Waals surface area contributed by atoms with E-state index in [2.05, 4.69) is 54.7 Å². The van der Waals surface area contributed by atoms with E-state index in [-0.39, 0.29) is 0 Å². The predicted octanol–water partition coefficient (Wildman–Crippen LogP) is 2.23. The van der Waals surface area contributed by atoms with Gasteiger partial charge < -0.3 is 20.3 Å². The van der Waals surface area contributed by atoms with Crippen molar-refractivity contribution in [2.75, 3.05) is 44.8 Å². The van der Waals surface area contributed by atoms with E-state index in [4.69, 9.17) is 4.74 Å². The summed E-state index contributed by atoms with van der Waals surface area (Å²) in [4.78, 5) is 6.67. The lowest BCUT2D eigenvalue weighted by atomic mass is 10.3. The van der Waals surface area contributed by atoms with Crippen LogP contribution in [0.15, 0.2) is 33.7 Å². The molecule has 2 rings (SSSR count). The number of hydrogen-bond donors (Lipinski definition) is 2. The number of anilines is 1. The fourth-order valence-corrected chi connectivity index (χ4v) is 3.11. The van der Waals surface area contributed by atoms with Crippen LogP contribution in [0.4, 0.5) is 5.69 Å². The molecule has 0 aliphatic carbocycles. The van der Waals surface area contributed by atoms with Crippen molar-refractivity contribution in [3.8, 4) is 0 Å². The molecule has 22 heavy (non-hydrogen) atoms. The van der Waals surface area contributed by atoms with E-state index in [1.54, 1.807) is 7.05 Å². The quantitative estimate of drug-likeness (QED) is 0.459. The third kappa shape index (κ3) is 4.88. The molecule has 1 fully saturated rings. The zero-order valence-electron chi connectivity index (χ0n) is 13.3. The fourth-order valence-electron chi connectivity index (χ4n) is 2.58. The first-order chi connectivity index (χ1) is 10.7. The maximum Gasteiger partial charge on any atom is 0.191 e. The number of nitrogens with one attached hydrogen (secondary N) is 2. The summed E-state index contributed by atoms with van der Waals surface area (Å²) in [5.74, 6) is 0.846. The van der Waals surface area contributed by atoms with Gasteiger partial charge in [0, 0.05) is 43.8 Å². The Kier molecular flexibility index (Phi) is 6.99. The van der Waals surface area contributed by atoms with Crippen molar-refractivity contribution in [1.29, 1.82) is 0 Å². The smallest absolute Gasteiger partial charge is 0.191 e. The number of hydrogen-bond acceptors (Lipinski definition) is 3. The Morgan fingerprint density at radius 3 is 3.00 bits per heavy atom. The molecule has 0 bridgehead atoms. The molecule has 1 heterocycles. The molecule has 1 aromatic carbocycles. The lowest BCUT2D eigenvalue weighted by molar-refractivity contribution is 0.152. The van der Waals surface area contributed by atoms with Gasteiger partial charge in [-0.15, -0.1) is 0 Å². The van der Waals surface area contributed by atoms with Crippen molar-refractivity contribution in [3.63, 3.8) is 0 Å². The van der Waals surface area contributed by atoms with Crippen LogP contribution in [0.5, 0.6) is 0 Å². The zero-order chi connectivity index (χ0) is 15.8. The first kappa shape index (κ1) is 17.1. The molecule has 1 aromatic rings. The molecule has 0 amide bonds. The minimum absolute atomic E-state index is 0.408. The number of halogens is 1. The largest absolute Gasteiger partial charge is 0.380 e. The summed E-state index contributed by atoms with van der Waals surface area (Å²) in [5, 5.41) is 6.77. The van der Waals surface area contributed by atoms with Gasteiger partial charge in [0.2, 0.25) is 0 Å². The summed E-state index contributed by atoms with van der Waals surface area (Å²) >= 11 is 3.63.